The van der Waals surface area contributed by atoms with Crippen LogP contribution in [-0.4, -0.2) is 41.1 Å². The van der Waals surface area contributed by atoms with Crippen molar-refractivity contribution in [2.75, 3.05) is 24.6 Å². The van der Waals surface area contributed by atoms with Crippen molar-refractivity contribution in [1.82, 2.24) is 9.97 Å². The second-order valence-corrected chi connectivity index (χ2v) is 5.14. The third-order valence-corrected chi connectivity index (χ3v) is 3.77. The number of hydrogen-bond donors (Lipinski definition) is 1. The molecule has 0 amide bonds. The Morgan fingerprint density at radius 2 is 1.89 bits per heavy atom. The van der Waals surface area contributed by atoms with Gasteiger partial charge in [0, 0.05) is 32.1 Å². The third-order valence-electron chi connectivity index (χ3n) is 3.77. The number of carbonyl (C=O) groups excluding carboxylic acids is 1. The Morgan fingerprint density at radius 1 is 1.33 bits per heavy atom. The van der Waals surface area contributed by atoms with Crippen LogP contribution in [0.1, 0.15) is 24.2 Å². The predicted octanol–water partition coefficient (Wildman–Crippen LogP) is 0.990. The molecule has 0 bridgehead atoms. The van der Waals surface area contributed by atoms with E-state index in [-0.39, 0.29) is 6.61 Å². The van der Waals surface area contributed by atoms with Gasteiger partial charge in [0.15, 0.2) is 6.29 Å². The molecule has 5 heteroatoms. The molecule has 1 fully saturated rings. The highest BCUT2D eigenvalue weighted by atomic mass is 16.3. The third kappa shape index (κ3) is 2.51. The van der Waals surface area contributed by atoms with E-state index in [4.69, 9.17) is 0 Å². The summed E-state index contributed by atoms with van der Waals surface area (Å²) in [5.41, 5.74) is 0.491. The van der Waals surface area contributed by atoms with Crippen molar-refractivity contribution in [2.45, 2.75) is 13.8 Å². The molecular formula is C13H19N3O2. The van der Waals surface area contributed by atoms with E-state index in [0.717, 1.165) is 19.4 Å². The van der Waals surface area contributed by atoms with Gasteiger partial charge in [-0.1, -0.05) is 13.8 Å². The van der Waals surface area contributed by atoms with Gasteiger partial charge in [0.1, 0.15) is 0 Å². The highest BCUT2D eigenvalue weighted by Gasteiger charge is 2.32. The van der Waals surface area contributed by atoms with Gasteiger partial charge in [-0.2, -0.15) is 0 Å². The number of piperidine rings is 1. The zero-order chi connectivity index (χ0) is 13.1. The summed E-state index contributed by atoms with van der Waals surface area (Å²) in [6.45, 7) is 6.21. The lowest BCUT2D eigenvalue weighted by atomic mass is 9.80. The van der Waals surface area contributed by atoms with Gasteiger partial charge in [-0.25, -0.2) is 9.97 Å². The zero-order valence-electron chi connectivity index (χ0n) is 10.8. The van der Waals surface area contributed by atoms with Gasteiger partial charge in [-0.3, -0.25) is 4.79 Å². The fourth-order valence-corrected chi connectivity index (χ4v) is 2.68. The predicted molar refractivity (Wildman–Crippen MR) is 68.5 cm³/mol. The molecule has 98 valence electrons. The molecule has 0 radical (unpaired) electrons. The van der Waals surface area contributed by atoms with E-state index in [1.807, 2.05) is 0 Å². The van der Waals surface area contributed by atoms with Gasteiger partial charge in [0.05, 0.1) is 5.56 Å². The van der Waals surface area contributed by atoms with Crippen LogP contribution in [0.2, 0.25) is 0 Å². The average molecular weight is 249 g/mol. The Hall–Kier alpha value is -1.49. The molecule has 2 unspecified atom stereocenters. The molecule has 2 atom stereocenters. The Bertz CT molecular complexity index is 395. The average Bonchev–Trinajstić information content (AvgIpc) is 2.38. The Kier molecular flexibility index (Phi) is 3.91. The van der Waals surface area contributed by atoms with Crippen molar-refractivity contribution < 1.29 is 9.90 Å². The molecule has 2 rings (SSSR count). The first-order chi connectivity index (χ1) is 8.65. The van der Waals surface area contributed by atoms with E-state index in [9.17, 15) is 9.90 Å². The molecule has 1 aliphatic heterocycles. The number of nitrogens with zero attached hydrogens (tertiary/aromatic N) is 3. The van der Waals surface area contributed by atoms with Crippen LogP contribution in [0.5, 0.6) is 0 Å². The Balaban J connectivity index is 2.12. The highest BCUT2D eigenvalue weighted by Crippen LogP contribution is 2.29. The molecule has 1 aliphatic rings. The maximum Gasteiger partial charge on any atom is 0.225 e. The van der Waals surface area contributed by atoms with Crippen LogP contribution in [0.4, 0.5) is 5.95 Å². The number of anilines is 1. The lowest BCUT2D eigenvalue weighted by molar-refractivity contribution is 0.112. The molecule has 1 saturated heterocycles. The minimum atomic E-state index is 0.237. The van der Waals surface area contributed by atoms with Crippen molar-refractivity contribution in [3.8, 4) is 0 Å². The smallest absolute Gasteiger partial charge is 0.225 e. The largest absolute Gasteiger partial charge is 0.396 e. The van der Waals surface area contributed by atoms with Crippen LogP contribution in [-0.2, 0) is 0 Å². The molecule has 2 heterocycles. The first kappa shape index (κ1) is 13.0. The summed E-state index contributed by atoms with van der Waals surface area (Å²) in [7, 11) is 0. The maximum absolute atomic E-state index is 10.6. The summed E-state index contributed by atoms with van der Waals surface area (Å²) in [6.07, 6.45) is 3.83. The normalized spacial score (nSPS) is 28.2. The van der Waals surface area contributed by atoms with E-state index in [1.165, 1.54) is 0 Å². The molecule has 5 nitrogen and oxygen atoms in total. The number of aliphatic hydroxyl groups excluding tert-OH is 1. The van der Waals surface area contributed by atoms with Gasteiger partial charge in [-0.15, -0.1) is 0 Å². The number of hydrogen-bond acceptors (Lipinski definition) is 5. The van der Waals surface area contributed by atoms with Gasteiger partial charge in [-0.05, 0) is 17.8 Å². The molecular weight excluding hydrogens is 230 g/mol. The number of aromatic nitrogens is 2. The van der Waals surface area contributed by atoms with E-state index in [1.54, 1.807) is 12.4 Å². The van der Waals surface area contributed by atoms with Gasteiger partial charge < -0.3 is 10.0 Å². The second-order valence-electron chi connectivity index (χ2n) is 5.14. The maximum atomic E-state index is 10.6. The number of rotatable bonds is 3. The first-order valence-corrected chi connectivity index (χ1v) is 6.28. The van der Waals surface area contributed by atoms with E-state index in [2.05, 4.69) is 28.7 Å². The molecule has 0 spiro atoms. The molecule has 18 heavy (non-hydrogen) atoms. The van der Waals surface area contributed by atoms with Crippen LogP contribution in [0.15, 0.2) is 12.4 Å². The fraction of sp³-hybridized carbons (Fsp3) is 0.615. The molecule has 0 aliphatic carbocycles. The van der Waals surface area contributed by atoms with Crippen molar-refractivity contribution in [1.29, 1.82) is 0 Å². The van der Waals surface area contributed by atoms with Crippen LogP contribution in [0, 0.1) is 17.8 Å². The van der Waals surface area contributed by atoms with Crippen LogP contribution in [0.3, 0.4) is 0 Å². The zero-order valence-corrected chi connectivity index (χ0v) is 10.8. The van der Waals surface area contributed by atoms with Crippen LogP contribution in [0.25, 0.3) is 0 Å². The Morgan fingerprint density at radius 3 is 2.33 bits per heavy atom. The van der Waals surface area contributed by atoms with Crippen LogP contribution < -0.4 is 4.90 Å². The minimum Gasteiger partial charge on any atom is -0.396 e. The summed E-state index contributed by atoms with van der Waals surface area (Å²) in [5.74, 6) is 1.83. The molecule has 1 aromatic rings. The SMILES string of the molecule is CC1CN(c2ncc(C=O)cn2)CC(C)C1CO. The second kappa shape index (κ2) is 5.44. The number of aldehydes is 1. The molecule has 1 N–H and O–H groups in total. The summed E-state index contributed by atoms with van der Waals surface area (Å²) < 4.78 is 0. The number of carbonyl (C=O) groups is 1. The lowest BCUT2D eigenvalue weighted by Crippen LogP contribution is -2.46. The summed E-state index contributed by atoms with van der Waals surface area (Å²) >= 11 is 0. The van der Waals surface area contributed by atoms with Crippen LogP contribution >= 0.6 is 0 Å². The fourth-order valence-electron chi connectivity index (χ4n) is 2.68. The quantitative estimate of drug-likeness (QED) is 0.809. The van der Waals surface area contributed by atoms with E-state index >= 15 is 0 Å². The van der Waals surface area contributed by atoms with Crippen molar-refractivity contribution in [2.24, 2.45) is 17.8 Å². The summed E-state index contributed by atoms with van der Waals surface area (Å²) in [5, 5.41) is 9.37. The van der Waals surface area contributed by atoms with Gasteiger partial charge in [0.2, 0.25) is 5.95 Å². The minimum absolute atomic E-state index is 0.237. The van der Waals surface area contributed by atoms with Crippen molar-refractivity contribution in [3.05, 3.63) is 18.0 Å². The monoisotopic (exact) mass is 249 g/mol. The highest BCUT2D eigenvalue weighted by molar-refractivity contribution is 5.73. The molecule has 1 aromatic heterocycles. The first-order valence-electron chi connectivity index (χ1n) is 6.28. The molecule has 0 saturated carbocycles. The van der Waals surface area contributed by atoms with Gasteiger partial charge >= 0.3 is 0 Å². The van der Waals surface area contributed by atoms with Crippen molar-refractivity contribution in [3.63, 3.8) is 0 Å². The Labute approximate surface area is 107 Å². The standard InChI is InChI=1S/C13H19N3O2/c1-9-5-16(6-10(2)12(9)8-18)13-14-3-11(7-17)4-15-13/h3-4,7,9-10,12,18H,5-6,8H2,1-2H3. The lowest BCUT2D eigenvalue weighted by Gasteiger charge is -2.40. The van der Waals surface area contributed by atoms with Crippen molar-refractivity contribution >= 4 is 12.2 Å². The topological polar surface area (TPSA) is 66.3 Å². The van der Waals surface area contributed by atoms with E-state index < -0.39 is 0 Å². The summed E-state index contributed by atoms with van der Waals surface area (Å²) in [4.78, 5) is 21.1. The summed E-state index contributed by atoms with van der Waals surface area (Å²) in [6, 6.07) is 0. The molecule has 0 aromatic carbocycles. The van der Waals surface area contributed by atoms with Gasteiger partial charge in [0.25, 0.3) is 0 Å². The number of aliphatic hydroxyl groups is 1. The van der Waals surface area contributed by atoms with E-state index in [0.29, 0.717) is 29.3 Å².